The first-order valence-corrected chi connectivity index (χ1v) is 9.38. The van der Waals surface area contributed by atoms with Gasteiger partial charge in [-0.25, -0.2) is 0 Å². The number of benzene rings is 3. The molecular weight excluding hydrogens is 338 g/mol. The van der Waals surface area contributed by atoms with E-state index in [1.165, 1.54) is 5.39 Å². The molecule has 0 radical (unpaired) electrons. The highest BCUT2D eigenvalue weighted by Gasteiger charge is 2.16. The zero-order valence-electron chi connectivity index (χ0n) is 15.2. The number of ether oxygens (including phenoxy) is 2. The Morgan fingerprint density at radius 1 is 1.04 bits per heavy atom. The van der Waals surface area contributed by atoms with Gasteiger partial charge in [-0.3, -0.25) is 4.79 Å². The number of carbonyl (C=O) groups is 1. The summed E-state index contributed by atoms with van der Waals surface area (Å²) in [6.45, 7) is 1.84. The second kappa shape index (κ2) is 8.23. The highest BCUT2D eigenvalue weighted by molar-refractivity contribution is 5.94. The van der Waals surface area contributed by atoms with Crippen LogP contribution in [-0.2, 0) is 11.3 Å². The molecule has 1 heterocycles. The smallest absolute Gasteiger partial charge is 0.251 e. The first-order valence-electron chi connectivity index (χ1n) is 9.38. The van der Waals surface area contributed by atoms with Crippen LogP contribution in [0.4, 0.5) is 0 Å². The molecule has 1 atom stereocenters. The van der Waals surface area contributed by atoms with E-state index >= 15 is 0 Å². The quantitative estimate of drug-likeness (QED) is 0.711. The Morgan fingerprint density at radius 2 is 1.85 bits per heavy atom. The average Bonchev–Trinajstić information content (AvgIpc) is 3.24. The van der Waals surface area contributed by atoms with E-state index in [4.69, 9.17) is 9.47 Å². The molecule has 27 heavy (non-hydrogen) atoms. The summed E-state index contributed by atoms with van der Waals surface area (Å²) in [6.07, 6.45) is 2.25. The molecule has 3 aromatic carbocycles. The van der Waals surface area contributed by atoms with E-state index < -0.39 is 0 Å². The zero-order chi connectivity index (χ0) is 18.5. The van der Waals surface area contributed by atoms with Crippen molar-refractivity contribution < 1.29 is 14.3 Å². The van der Waals surface area contributed by atoms with Gasteiger partial charge in [-0.2, -0.15) is 0 Å². The third-order valence-corrected chi connectivity index (χ3v) is 4.86. The number of rotatable bonds is 6. The largest absolute Gasteiger partial charge is 0.489 e. The van der Waals surface area contributed by atoms with Gasteiger partial charge >= 0.3 is 0 Å². The Bertz CT molecular complexity index is 914. The van der Waals surface area contributed by atoms with Gasteiger partial charge in [0.15, 0.2) is 0 Å². The van der Waals surface area contributed by atoms with Crippen LogP contribution < -0.4 is 10.1 Å². The highest BCUT2D eigenvalue weighted by atomic mass is 16.5. The predicted octanol–water partition coefficient (Wildman–Crippen LogP) is 4.33. The third kappa shape index (κ3) is 4.47. The van der Waals surface area contributed by atoms with E-state index in [9.17, 15) is 4.79 Å². The second-order valence-corrected chi connectivity index (χ2v) is 6.84. The van der Waals surface area contributed by atoms with Crippen molar-refractivity contribution in [1.29, 1.82) is 0 Å². The Balaban J connectivity index is 1.32. The molecule has 1 saturated heterocycles. The van der Waals surface area contributed by atoms with Crippen LogP contribution in [0.25, 0.3) is 10.8 Å². The minimum atomic E-state index is -0.0625. The summed E-state index contributed by atoms with van der Waals surface area (Å²) in [4.78, 5) is 12.2. The molecule has 1 N–H and O–H groups in total. The number of amides is 1. The summed E-state index contributed by atoms with van der Waals surface area (Å²) in [6, 6.07) is 21.8. The van der Waals surface area contributed by atoms with Crippen LogP contribution in [0.5, 0.6) is 5.75 Å². The van der Waals surface area contributed by atoms with Crippen LogP contribution in [0.15, 0.2) is 66.7 Å². The van der Waals surface area contributed by atoms with Crippen LogP contribution >= 0.6 is 0 Å². The van der Waals surface area contributed by atoms with Gasteiger partial charge < -0.3 is 14.8 Å². The fourth-order valence-electron chi connectivity index (χ4n) is 3.29. The minimum Gasteiger partial charge on any atom is -0.489 e. The van der Waals surface area contributed by atoms with Gasteiger partial charge in [0.2, 0.25) is 0 Å². The Hall–Kier alpha value is -2.85. The summed E-state index contributed by atoms with van der Waals surface area (Å²) in [7, 11) is 0. The van der Waals surface area contributed by atoms with Crippen molar-refractivity contribution in [2.45, 2.75) is 25.6 Å². The van der Waals surface area contributed by atoms with Crippen molar-refractivity contribution >= 4 is 16.7 Å². The average molecular weight is 361 g/mol. The van der Waals surface area contributed by atoms with Crippen LogP contribution in [0.3, 0.4) is 0 Å². The molecule has 0 aliphatic carbocycles. The van der Waals surface area contributed by atoms with Crippen LogP contribution in [0.1, 0.15) is 28.8 Å². The normalized spacial score (nSPS) is 16.4. The maximum Gasteiger partial charge on any atom is 0.251 e. The molecule has 0 spiro atoms. The Labute approximate surface area is 159 Å². The highest BCUT2D eigenvalue weighted by Crippen LogP contribution is 2.21. The maximum atomic E-state index is 12.2. The molecule has 3 aromatic rings. The van der Waals surface area contributed by atoms with E-state index in [0.717, 1.165) is 36.1 Å². The van der Waals surface area contributed by atoms with Gasteiger partial charge in [0.05, 0.1) is 6.10 Å². The number of hydrogen-bond donors (Lipinski definition) is 1. The van der Waals surface area contributed by atoms with E-state index in [2.05, 4.69) is 23.5 Å². The van der Waals surface area contributed by atoms with E-state index in [0.29, 0.717) is 18.7 Å². The molecule has 4 nitrogen and oxygen atoms in total. The van der Waals surface area contributed by atoms with Gasteiger partial charge in [-0.05, 0) is 53.4 Å². The first kappa shape index (κ1) is 17.6. The summed E-state index contributed by atoms with van der Waals surface area (Å²) in [5.41, 5.74) is 1.68. The number of nitrogens with one attached hydrogen (secondary N) is 1. The summed E-state index contributed by atoms with van der Waals surface area (Å²) >= 11 is 0. The van der Waals surface area contributed by atoms with Crippen molar-refractivity contribution in [3.8, 4) is 5.75 Å². The second-order valence-electron chi connectivity index (χ2n) is 6.84. The lowest BCUT2D eigenvalue weighted by atomic mass is 10.1. The van der Waals surface area contributed by atoms with Crippen molar-refractivity contribution in [2.75, 3.05) is 13.2 Å². The summed E-state index contributed by atoms with van der Waals surface area (Å²) in [5.74, 6) is 0.777. The van der Waals surface area contributed by atoms with Gasteiger partial charge in [0.25, 0.3) is 5.91 Å². The van der Waals surface area contributed by atoms with Gasteiger partial charge in [-0.1, -0.05) is 42.5 Å². The standard InChI is InChI=1S/C23H23NO3/c25-23(24-15-22-6-3-13-26-22)19-9-7-17(8-10-19)16-27-21-12-11-18-4-1-2-5-20(18)14-21/h1-2,4-5,7-12,14,22H,3,6,13,15-16H2,(H,24,25). The van der Waals surface area contributed by atoms with E-state index in [1.807, 2.05) is 48.5 Å². The minimum absolute atomic E-state index is 0.0625. The molecule has 4 heteroatoms. The molecule has 1 aliphatic heterocycles. The van der Waals surface area contributed by atoms with Crippen LogP contribution in [-0.4, -0.2) is 25.2 Å². The lowest BCUT2D eigenvalue weighted by molar-refractivity contribution is 0.0857. The van der Waals surface area contributed by atoms with E-state index in [-0.39, 0.29) is 12.0 Å². The molecule has 1 fully saturated rings. The fraction of sp³-hybridized carbons (Fsp3) is 0.261. The number of hydrogen-bond acceptors (Lipinski definition) is 3. The lowest BCUT2D eigenvalue weighted by Gasteiger charge is -2.11. The zero-order valence-corrected chi connectivity index (χ0v) is 15.2. The Morgan fingerprint density at radius 3 is 2.63 bits per heavy atom. The number of fused-ring (bicyclic) bond motifs is 1. The molecule has 4 rings (SSSR count). The van der Waals surface area contributed by atoms with Crippen molar-refractivity contribution in [3.05, 3.63) is 77.9 Å². The molecule has 0 aromatic heterocycles. The molecular formula is C23H23NO3. The molecule has 1 amide bonds. The summed E-state index contributed by atoms with van der Waals surface area (Å²) in [5, 5.41) is 5.30. The molecule has 0 bridgehead atoms. The third-order valence-electron chi connectivity index (χ3n) is 4.86. The molecule has 0 saturated carbocycles. The predicted molar refractivity (Wildman–Crippen MR) is 106 cm³/mol. The topological polar surface area (TPSA) is 47.6 Å². The molecule has 1 unspecified atom stereocenters. The molecule has 1 aliphatic rings. The Kier molecular flexibility index (Phi) is 5.35. The fourth-order valence-corrected chi connectivity index (χ4v) is 3.29. The SMILES string of the molecule is O=C(NCC1CCCO1)c1ccc(COc2ccc3ccccc3c2)cc1. The van der Waals surface area contributed by atoms with Crippen molar-refractivity contribution in [3.63, 3.8) is 0 Å². The first-order chi connectivity index (χ1) is 13.3. The van der Waals surface area contributed by atoms with Crippen LogP contribution in [0.2, 0.25) is 0 Å². The van der Waals surface area contributed by atoms with Gasteiger partial charge in [-0.15, -0.1) is 0 Å². The van der Waals surface area contributed by atoms with Crippen molar-refractivity contribution in [2.24, 2.45) is 0 Å². The summed E-state index contributed by atoms with van der Waals surface area (Å²) < 4.78 is 11.4. The monoisotopic (exact) mass is 361 g/mol. The maximum absolute atomic E-state index is 12.2. The van der Waals surface area contributed by atoms with Gasteiger partial charge in [0.1, 0.15) is 12.4 Å². The lowest BCUT2D eigenvalue weighted by Crippen LogP contribution is -2.31. The van der Waals surface area contributed by atoms with E-state index in [1.54, 1.807) is 0 Å². The molecule has 138 valence electrons. The van der Waals surface area contributed by atoms with Crippen molar-refractivity contribution in [1.82, 2.24) is 5.32 Å². The number of carbonyl (C=O) groups excluding carboxylic acids is 1. The van der Waals surface area contributed by atoms with Crippen LogP contribution in [0, 0.1) is 0 Å². The van der Waals surface area contributed by atoms with Gasteiger partial charge in [0, 0.05) is 18.7 Å².